The molecular formula is C15H19ClN2O2. The number of halogens is 1. The lowest BCUT2D eigenvalue weighted by molar-refractivity contribution is 0.128. The number of carbonyl (C=O) groups excluding carboxylic acids is 1. The second-order valence-electron chi connectivity index (χ2n) is 4.32. The third-order valence-corrected chi connectivity index (χ3v) is 2.77. The van der Waals surface area contributed by atoms with Gasteiger partial charge in [-0.1, -0.05) is 23.3 Å². The van der Waals surface area contributed by atoms with Crippen molar-refractivity contribution in [2.45, 2.75) is 20.8 Å². The largest absolute Gasteiger partial charge is 0.449 e. The highest BCUT2D eigenvalue weighted by Crippen LogP contribution is 2.24. The first kappa shape index (κ1) is 16.2. The predicted molar refractivity (Wildman–Crippen MR) is 81.4 cm³/mol. The van der Waals surface area contributed by atoms with Gasteiger partial charge < -0.3 is 4.74 Å². The second-order valence-corrected chi connectivity index (χ2v) is 4.70. The average Bonchev–Trinajstić information content (AvgIpc) is 2.40. The van der Waals surface area contributed by atoms with Crippen LogP contribution in [0.3, 0.4) is 0 Å². The van der Waals surface area contributed by atoms with Crippen LogP contribution in [0.25, 0.3) is 5.70 Å². The van der Waals surface area contributed by atoms with E-state index >= 15 is 0 Å². The molecule has 0 radical (unpaired) electrons. The standard InChI is InChI=1S/C15H19ClN2O2/c1-5-9-18(15(19)20-6-2)14(11(3)4)12-7-8-13(16)17-10-12/h5,7-8,10H,1,6,9H2,2-4H3. The van der Waals surface area contributed by atoms with Gasteiger partial charge in [0.2, 0.25) is 0 Å². The molecule has 0 fully saturated rings. The number of pyridine rings is 1. The summed E-state index contributed by atoms with van der Waals surface area (Å²) in [5.74, 6) is 0. The average molecular weight is 295 g/mol. The minimum absolute atomic E-state index is 0.321. The van der Waals surface area contributed by atoms with E-state index in [0.29, 0.717) is 18.3 Å². The first-order chi connectivity index (χ1) is 9.51. The molecule has 0 saturated carbocycles. The van der Waals surface area contributed by atoms with Crippen LogP contribution in [-0.4, -0.2) is 29.1 Å². The fraction of sp³-hybridized carbons (Fsp3) is 0.333. The Morgan fingerprint density at radius 3 is 2.65 bits per heavy atom. The lowest BCUT2D eigenvalue weighted by Crippen LogP contribution is -2.31. The number of ether oxygens (including phenoxy) is 1. The number of allylic oxidation sites excluding steroid dienone is 1. The van der Waals surface area contributed by atoms with Crippen LogP contribution in [0, 0.1) is 0 Å². The minimum Gasteiger partial charge on any atom is -0.449 e. The van der Waals surface area contributed by atoms with E-state index in [-0.39, 0.29) is 0 Å². The maximum absolute atomic E-state index is 12.1. The Morgan fingerprint density at radius 1 is 1.50 bits per heavy atom. The Kier molecular flexibility index (Phi) is 6.25. The summed E-state index contributed by atoms with van der Waals surface area (Å²) in [6, 6.07) is 3.52. The molecule has 0 spiro atoms. The molecule has 0 aliphatic carbocycles. The van der Waals surface area contributed by atoms with Crippen molar-refractivity contribution in [2.75, 3.05) is 13.2 Å². The number of nitrogens with zero attached hydrogens (tertiary/aromatic N) is 2. The molecule has 0 aliphatic rings. The van der Waals surface area contributed by atoms with E-state index in [1.54, 1.807) is 25.3 Å². The fourth-order valence-electron chi connectivity index (χ4n) is 1.82. The van der Waals surface area contributed by atoms with Gasteiger partial charge in [0, 0.05) is 18.3 Å². The van der Waals surface area contributed by atoms with Crippen LogP contribution < -0.4 is 0 Å². The van der Waals surface area contributed by atoms with Crippen molar-refractivity contribution < 1.29 is 9.53 Å². The van der Waals surface area contributed by atoms with Gasteiger partial charge in [-0.15, -0.1) is 6.58 Å². The van der Waals surface area contributed by atoms with E-state index < -0.39 is 6.09 Å². The van der Waals surface area contributed by atoms with Crippen molar-refractivity contribution >= 4 is 23.4 Å². The topological polar surface area (TPSA) is 42.4 Å². The number of hydrogen-bond donors (Lipinski definition) is 0. The third-order valence-electron chi connectivity index (χ3n) is 2.54. The molecule has 1 aromatic heterocycles. The van der Waals surface area contributed by atoms with Crippen LogP contribution in [0.1, 0.15) is 26.3 Å². The van der Waals surface area contributed by atoms with Gasteiger partial charge in [0.25, 0.3) is 0 Å². The molecule has 1 amide bonds. The normalized spacial score (nSPS) is 9.80. The Hall–Kier alpha value is -1.81. The Bertz CT molecular complexity index is 505. The molecule has 108 valence electrons. The zero-order valence-electron chi connectivity index (χ0n) is 12.0. The van der Waals surface area contributed by atoms with E-state index in [1.807, 2.05) is 19.9 Å². The van der Waals surface area contributed by atoms with Gasteiger partial charge in [-0.05, 0) is 32.9 Å². The molecule has 0 aliphatic heterocycles. The molecule has 0 unspecified atom stereocenters. The van der Waals surface area contributed by atoms with Gasteiger partial charge in [-0.25, -0.2) is 9.78 Å². The first-order valence-corrected chi connectivity index (χ1v) is 6.73. The SMILES string of the molecule is C=CCN(C(=O)OCC)C(=C(C)C)c1ccc(Cl)nc1. The molecule has 0 N–H and O–H groups in total. The smallest absolute Gasteiger partial charge is 0.414 e. The molecular weight excluding hydrogens is 276 g/mol. The quantitative estimate of drug-likeness (QED) is 0.606. The highest BCUT2D eigenvalue weighted by atomic mass is 35.5. The highest BCUT2D eigenvalue weighted by molar-refractivity contribution is 6.29. The maximum atomic E-state index is 12.1. The first-order valence-electron chi connectivity index (χ1n) is 6.35. The van der Waals surface area contributed by atoms with Crippen LogP contribution in [0.5, 0.6) is 0 Å². The van der Waals surface area contributed by atoms with E-state index in [4.69, 9.17) is 16.3 Å². The fourth-order valence-corrected chi connectivity index (χ4v) is 1.93. The van der Waals surface area contributed by atoms with Crippen LogP contribution in [0.4, 0.5) is 4.79 Å². The Morgan fingerprint density at radius 2 is 2.20 bits per heavy atom. The van der Waals surface area contributed by atoms with Gasteiger partial charge in [-0.2, -0.15) is 0 Å². The zero-order chi connectivity index (χ0) is 15.1. The Labute approximate surface area is 124 Å². The molecule has 1 rings (SSSR count). The van der Waals surface area contributed by atoms with E-state index in [2.05, 4.69) is 11.6 Å². The van der Waals surface area contributed by atoms with Crippen molar-refractivity contribution in [1.29, 1.82) is 0 Å². The van der Waals surface area contributed by atoms with Crippen molar-refractivity contribution in [3.63, 3.8) is 0 Å². The van der Waals surface area contributed by atoms with E-state index in [0.717, 1.165) is 16.8 Å². The molecule has 1 heterocycles. The summed E-state index contributed by atoms with van der Waals surface area (Å²) < 4.78 is 5.09. The number of amides is 1. The molecule has 4 nitrogen and oxygen atoms in total. The molecule has 0 aromatic carbocycles. The minimum atomic E-state index is -0.404. The highest BCUT2D eigenvalue weighted by Gasteiger charge is 2.20. The number of rotatable bonds is 5. The summed E-state index contributed by atoms with van der Waals surface area (Å²) in [4.78, 5) is 17.7. The molecule has 0 atom stereocenters. The van der Waals surface area contributed by atoms with Crippen LogP contribution >= 0.6 is 11.6 Å². The molecule has 0 saturated heterocycles. The molecule has 20 heavy (non-hydrogen) atoms. The van der Waals surface area contributed by atoms with Crippen LogP contribution in [0.15, 0.2) is 36.6 Å². The number of aromatic nitrogens is 1. The van der Waals surface area contributed by atoms with Gasteiger partial charge in [0.15, 0.2) is 0 Å². The van der Waals surface area contributed by atoms with Gasteiger partial charge >= 0.3 is 6.09 Å². The monoisotopic (exact) mass is 294 g/mol. The zero-order valence-corrected chi connectivity index (χ0v) is 12.8. The number of carbonyl (C=O) groups is 1. The van der Waals surface area contributed by atoms with Gasteiger partial charge in [-0.3, -0.25) is 4.90 Å². The van der Waals surface area contributed by atoms with Crippen molar-refractivity contribution in [3.8, 4) is 0 Å². The predicted octanol–water partition coefficient (Wildman–Crippen LogP) is 4.13. The second kappa shape index (κ2) is 7.70. The summed E-state index contributed by atoms with van der Waals surface area (Å²) in [7, 11) is 0. The molecule has 1 aromatic rings. The number of hydrogen-bond acceptors (Lipinski definition) is 3. The third kappa shape index (κ3) is 4.10. The maximum Gasteiger partial charge on any atom is 0.414 e. The van der Waals surface area contributed by atoms with Gasteiger partial charge in [0.1, 0.15) is 5.15 Å². The summed E-state index contributed by atoms with van der Waals surface area (Å²) in [5.41, 5.74) is 2.54. The summed E-state index contributed by atoms with van der Waals surface area (Å²) in [6.45, 7) is 10.0. The lowest BCUT2D eigenvalue weighted by atomic mass is 10.1. The summed E-state index contributed by atoms with van der Waals surface area (Å²) >= 11 is 5.80. The summed E-state index contributed by atoms with van der Waals surface area (Å²) in [5, 5.41) is 0.410. The van der Waals surface area contributed by atoms with Gasteiger partial charge in [0.05, 0.1) is 12.3 Å². The molecule has 0 bridgehead atoms. The van der Waals surface area contributed by atoms with E-state index in [1.165, 1.54) is 4.90 Å². The van der Waals surface area contributed by atoms with Crippen molar-refractivity contribution in [1.82, 2.24) is 9.88 Å². The summed E-state index contributed by atoms with van der Waals surface area (Å²) in [6.07, 6.45) is 2.89. The van der Waals surface area contributed by atoms with Crippen LogP contribution in [0.2, 0.25) is 5.15 Å². The van der Waals surface area contributed by atoms with Crippen molar-refractivity contribution in [2.24, 2.45) is 0 Å². The van der Waals surface area contributed by atoms with Crippen molar-refractivity contribution in [3.05, 3.63) is 47.3 Å². The lowest BCUT2D eigenvalue weighted by Gasteiger charge is -2.25. The van der Waals surface area contributed by atoms with E-state index in [9.17, 15) is 4.79 Å². The Balaban J connectivity index is 3.22. The van der Waals surface area contributed by atoms with Crippen LogP contribution in [-0.2, 0) is 4.74 Å². The molecule has 5 heteroatoms.